The van der Waals surface area contributed by atoms with Crippen molar-refractivity contribution in [3.8, 4) is 28.1 Å². The summed E-state index contributed by atoms with van der Waals surface area (Å²) in [6.07, 6.45) is 0. The topological polar surface area (TPSA) is 89.6 Å². The number of nitro groups is 1. The number of aromatic amines is 1. The van der Waals surface area contributed by atoms with Crippen LogP contribution in [0.25, 0.3) is 61.0 Å². The molecule has 1 N–H and O–H groups in total. The molecule has 3 heterocycles. The maximum absolute atomic E-state index is 11.3. The lowest BCUT2D eigenvalue weighted by Crippen LogP contribution is -1.99. The number of pyridine rings is 1. The summed E-state index contributed by atoms with van der Waals surface area (Å²) < 4.78 is 1.86. The number of hydrogen-bond acceptors (Lipinski definition) is 4. The van der Waals surface area contributed by atoms with Gasteiger partial charge in [-0.05, 0) is 35.9 Å². The van der Waals surface area contributed by atoms with Crippen molar-refractivity contribution in [1.29, 1.82) is 0 Å². The van der Waals surface area contributed by atoms with Crippen LogP contribution in [0.4, 0.5) is 5.69 Å². The Morgan fingerprint density at radius 1 is 0.763 bits per heavy atom. The molecule has 0 saturated heterocycles. The second-order valence-corrected chi connectivity index (χ2v) is 9.42. The van der Waals surface area contributed by atoms with E-state index in [9.17, 15) is 10.1 Å². The van der Waals surface area contributed by atoms with E-state index in [0.29, 0.717) is 22.0 Å². The summed E-state index contributed by atoms with van der Waals surface area (Å²) in [6.45, 7) is 0. The fourth-order valence-electron chi connectivity index (χ4n) is 5.04. The van der Waals surface area contributed by atoms with Crippen molar-refractivity contribution in [2.45, 2.75) is 0 Å². The Balaban J connectivity index is 1.66. The largest absolute Gasteiger partial charge is 0.291 e. The Bertz CT molecular complexity index is 1990. The highest BCUT2D eigenvalue weighted by Gasteiger charge is 2.24. The van der Waals surface area contributed by atoms with Crippen molar-refractivity contribution in [2.24, 2.45) is 0 Å². The Labute approximate surface area is 221 Å². The summed E-state index contributed by atoms with van der Waals surface area (Å²) in [7, 11) is 0. The lowest BCUT2D eigenvalue weighted by molar-refractivity contribution is -0.384. The number of para-hydroxylation sites is 1. The van der Waals surface area contributed by atoms with Gasteiger partial charge in [0.05, 0.1) is 27.2 Å². The highest BCUT2D eigenvalue weighted by atomic mass is 35.5. The molecular formula is C30H18ClN5O2. The van der Waals surface area contributed by atoms with Crippen LogP contribution < -0.4 is 0 Å². The Morgan fingerprint density at radius 3 is 2.21 bits per heavy atom. The fourth-order valence-corrected chi connectivity index (χ4v) is 5.17. The van der Waals surface area contributed by atoms with E-state index in [-0.39, 0.29) is 5.69 Å². The monoisotopic (exact) mass is 515 g/mol. The highest BCUT2D eigenvalue weighted by Crippen LogP contribution is 2.43. The van der Waals surface area contributed by atoms with Gasteiger partial charge in [0, 0.05) is 39.1 Å². The summed E-state index contributed by atoms with van der Waals surface area (Å²) in [4.78, 5) is 20.8. The first-order valence-corrected chi connectivity index (χ1v) is 12.4. The van der Waals surface area contributed by atoms with Crippen molar-refractivity contribution < 1.29 is 4.92 Å². The summed E-state index contributed by atoms with van der Waals surface area (Å²) >= 11 is 6.27. The second-order valence-electron chi connectivity index (χ2n) is 8.98. The molecule has 0 spiro atoms. The molecule has 3 aromatic heterocycles. The van der Waals surface area contributed by atoms with Gasteiger partial charge in [0.25, 0.3) is 5.69 Å². The van der Waals surface area contributed by atoms with Crippen molar-refractivity contribution in [2.75, 3.05) is 0 Å². The minimum Gasteiger partial charge on any atom is -0.291 e. The number of nitrogens with zero attached hydrogens (tertiary/aromatic N) is 4. The summed E-state index contributed by atoms with van der Waals surface area (Å²) in [6, 6.07) is 32.3. The van der Waals surface area contributed by atoms with E-state index >= 15 is 0 Å². The first kappa shape index (κ1) is 22.2. The van der Waals surface area contributed by atoms with Crippen LogP contribution in [0.15, 0.2) is 103 Å². The molecule has 182 valence electrons. The molecule has 0 unspecified atom stereocenters. The van der Waals surface area contributed by atoms with Crippen molar-refractivity contribution in [3.63, 3.8) is 0 Å². The number of nitrogens with one attached hydrogen (secondary N) is 1. The number of rotatable bonds is 4. The van der Waals surface area contributed by atoms with Crippen LogP contribution >= 0.6 is 11.6 Å². The molecule has 0 aliphatic carbocycles. The van der Waals surface area contributed by atoms with E-state index in [4.69, 9.17) is 21.6 Å². The number of benzene rings is 4. The van der Waals surface area contributed by atoms with Gasteiger partial charge in [0.1, 0.15) is 0 Å². The molecule has 0 amide bonds. The second kappa shape index (κ2) is 8.54. The Kier molecular flexibility index (Phi) is 4.99. The molecule has 0 atom stereocenters. The van der Waals surface area contributed by atoms with Gasteiger partial charge >= 0.3 is 0 Å². The number of H-pyrrole nitrogens is 1. The third kappa shape index (κ3) is 3.44. The van der Waals surface area contributed by atoms with Gasteiger partial charge in [-0.25, -0.2) is 14.6 Å². The zero-order chi connectivity index (χ0) is 25.8. The summed E-state index contributed by atoms with van der Waals surface area (Å²) in [5.41, 5.74) is 6.73. The van der Waals surface area contributed by atoms with Gasteiger partial charge in [0.15, 0.2) is 11.3 Å². The van der Waals surface area contributed by atoms with Crippen LogP contribution in [0.5, 0.6) is 0 Å². The number of hydrogen-bond donors (Lipinski definition) is 1. The maximum atomic E-state index is 11.3. The molecule has 7 rings (SSSR count). The molecule has 38 heavy (non-hydrogen) atoms. The van der Waals surface area contributed by atoms with E-state index in [2.05, 4.69) is 11.2 Å². The van der Waals surface area contributed by atoms with Gasteiger partial charge < -0.3 is 0 Å². The molecule has 7 nitrogen and oxygen atoms in total. The lowest BCUT2D eigenvalue weighted by atomic mass is 9.95. The predicted octanol–water partition coefficient (Wildman–Crippen LogP) is 7.95. The lowest BCUT2D eigenvalue weighted by Gasteiger charge is -2.09. The molecule has 8 heteroatoms. The first-order chi connectivity index (χ1) is 18.6. The van der Waals surface area contributed by atoms with Crippen LogP contribution in [0.1, 0.15) is 0 Å². The predicted molar refractivity (Wildman–Crippen MR) is 151 cm³/mol. The van der Waals surface area contributed by atoms with Gasteiger partial charge in [-0.2, -0.15) is 0 Å². The van der Waals surface area contributed by atoms with Crippen LogP contribution in [0, 0.1) is 10.1 Å². The number of aromatic nitrogens is 4. The van der Waals surface area contributed by atoms with E-state index in [1.54, 1.807) is 12.1 Å². The molecule has 0 radical (unpaired) electrons. The van der Waals surface area contributed by atoms with E-state index < -0.39 is 4.92 Å². The van der Waals surface area contributed by atoms with E-state index in [0.717, 1.165) is 44.1 Å². The zero-order valence-corrected chi connectivity index (χ0v) is 20.6. The molecule has 0 saturated carbocycles. The third-order valence-corrected chi connectivity index (χ3v) is 7.01. The normalized spacial score (nSPS) is 11.5. The Morgan fingerprint density at radius 2 is 1.47 bits per heavy atom. The van der Waals surface area contributed by atoms with Crippen molar-refractivity contribution >= 4 is 50.3 Å². The first-order valence-electron chi connectivity index (χ1n) is 12.0. The fraction of sp³-hybridized carbons (Fsp3) is 0. The van der Waals surface area contributed by atoms with Crippen LogP contribution in [0.3, 0.4) is 0 Å². The van der Waals surface area contributed by atoms with Crippen LogP contribution in [0.2, 0.25) is 5.02 Å². The zero-order valence-electron chi connectivity index (χ0n) is 19.8. The van der Waals surface area contributed by atoms with Gasteiger partial charge in [-0.15, -0.1) is 0 Å². The third-order valence-electron chi connectivity index (χ3n) is 6.76. The summed E-state index contributed by atoms with van der Waals surface area (Å²) in [5, 5.41) is 18.4. The van der Waals surface area contributed by atoms with Crippen LogP contribution in [-0.2, 0) is 0 Å². The van der Waals surface area contributed by atoms with Crippen LogP contribution in [-0.4, -0.2) is 24.7 Å². The van der Waals surface area contributed by atoms with E-state index in [1.165, 1.54) is 12.1 Å². The number of non-ortho nitro benzene ring substituents is 1. The molecule has 0 aliphatic rings. The minimum atomic E-state index is -0.406. The summed E-state index contributed by atoms with van der Waals surface area (Å²) in [5.74, 6) is 0. The minimum absolute atomic E-state index is 0.0228. The number of nitro benzene ring substituents is 1. The molecular weight excluding hydrogens is 498 g/mol. The number of halogens is 1. The maximum Gasteiger partial charge on any atom is 0.269 e. The molecule has 0 fully saturated rings. The average molecular weight is 516 g/mol. The SMILES string of the molecule is O=[N+]([O-])c1ccc(-n2[nH]c(-c3ccccc3)c3c(-c4ccc(Cl)cc4)c4c(nc5ccccc54)nc32)cc1. The standard InChI is InChI=1S/C30H18ClN5O2/c31-20-12-10-18(11-13-20)25-26-23-8-4-5-9-24(23)32-29(26)33-30-27(25)28(19-6-2-1-3-7-19)34-35(30)21-14-16-22(17-15-21)36(37)38/h1-17,34H. The average Bonchev–Trinajstić information content (AvgIpc) is 3.51. The molecule has 0 aliphatic heterocycles. The van der Waals surface area contributed by atoms with Crippen molar-refractivity contribution in [3.05, 3.63) is 118 Å². The number of fused-ring (bicyclic) bond motifs is 4. The van der Waals surface area contributed by atoms with E-state index in [1.807, 2.05) is 77.5 Å². The quantitative estimate of drug-likeness (QED) is 0.190. The molecule has 4 aromatic carbocycles. The molecule has 0 bridgehead atoms. The van der Waals surface area contributed by atoms with Gasteiger partial charge in [0.2, 0.25) is 0 Å². The highest BCUT2D eigenvalue weighted by molar-refractivity contribution is 6.30. The molecule has 7 aromatic rings. The van der Waals surface area contributed by atoms with Crippen molar-refractivity contribution in [1.82, 2.24) is 19.7 Å². The smallest absolute Gasteiger partial charge is 0.269 e. The van der Waals surface area contributed by atoms with Gasteiger partial charge in [-0.1, -0.05) is 72.3 Å². The Hall–Kier alpha value is -5.01. The van der Waals surface area contributed by atoms with Gasteiger partial charge in [-0.3, -0.25) is 15.2 Å².